The minimum Gasteiger partial charge on any atom is -0.505 e. The first-order valence-corrected chi connectivity index (χ1v) is 10.3. The second-order valence-electron chi connectivity index (χ2n) is 7.40. The molecule has 0 bridgehead atoms. The molecule has 4 rings (SSSR count). The van der Waals surface area contributed by atoms with Gasteiger partial charge in [0.15, 0.2) is 5.75 Å². The zero-order valence-electron chi connectivity index (χ0n) is 16.6. The Hall–Kier alpha value is -2.88. The van der Waals surface area contributed by atoms with E-state index in [9.17, 15) is 19.1 Å². The summed E-state index contributed by atoms with van der Waals surface area (Å²) in [5, 5.41) is 15.3. The summed E-state index contributed by atoms with van der Waals surface area (Å²) in [4.78, 5) is 29.3. The van der Waals surface area contributed by atoms with Crippen molar-refractivity contribution in [1.29, 1.82) is 0 Å². The predicted octanol–water partition coefficient (Wildman–Crippen LogP) is 2.99. The van der Waals surface area contributed by atoms with Gasteiger partial charge >= 0.3 is 6.03 Å². The van der Waals surface area contributed by atoms with Gasteiger partial charge in [-0.1, -0.05) is 23.7 Å². The number of fused-ring (bicyclic) bond motifs is 1. The van der Waals surface area contributed by atoms with E-state index in [1.54, 1.807) is 11.0 Å². The highest BCUT2D eigenvalue weighted by atomic mass is 35.5. The SMILES string of the molecule is O=C(Nc1cccc(C(=O)N2CCN3CCOCC3C2)c1O)Nc1cccc(F)c1Cl. The average molecular weight is 449 g/mol. The minimum absolute atomic E-state index is 0.0514. The summed E-state index contributed by atoms with van der Waals surface area (Å²) in [7, 11) is 0. The largest absolute Gasteiger partial charge is 0.505 e. The van der Waals surface area contributed by atoms with Crippen molar-refractivity contribution in [2.45, 2.75) is 6.04 Å². The number of aromatic hydroxyl groups is 1. The summed E-state index contributed by atoms with van der Waals surface area (Å²) in [6, 6.07) is 7.96. The van der Waals surface area contributed by atoms with E-state index in [2.05, 4.69) is 15.5 Å². The number of para-hydroxylation sites is 1. The van der Waals surface area contributed by atoms with E-state index in [1.165, 1.54) is 30.3 Å². The molecule has 2 fully saturated rings. The Labute approximate surface area is 183 Å². The van der Waals surface area contributed by atoms with Crippen LogP contribution in [0.3, 0.4) is 0 Å². The number of urea groups is 1. The van der Waals surface area contributed by atoms with Gasteiger partial charge < -0.3 is 25.4 Å². The molecule has 2 aromatic carbocycles. The van der Waals surface area contributed by atoms with Crippen molar-refractivity contribution in [2.75, 3.05) is 50.0 Å². The quantitative estimate of drug-likeness (QED) is 0.627. The smallest absolute Gasteiger partial charge is 0.323 e. The normalized spacial score (nSPS) is 18.9. The topological polar surface area (TPSA) is 94.1 Å². The van der Waals surface area contributed by atoms with Crippen molar-refractivity contribution in [3.05, 3.63) is 52.8 Å². The Morgan fingerprint density at radius 2 is 1.84 bits per heavy atom. The Morgan fingerprint density at radius 1 is 1.10 bits per heavy atom. The van der Waals surface area contributed by atoms with E-state index in [0.29, 0.717) is 26.3 Å². The van der Waals surface area contributed by atoms with Gasteiger partial charge in [-0.15, -0.1) is 0 Å². The van der Waals surface area contributed by atoms with E-state index in [4.69, 9.17) is 16.3 Å². The number of ether oxygens (including phenoxy) is 1. The number of amides is 3. The highest BCUT2D eigenvalue weighted by molar-refractivity contribution is 6.34. The lowest BCUT2D eigenvalue weighted by Crippen LogP contribution is -2.59. The Balaban J connectivity index is 1.45. The van der Waals surface area contributed by atoms with Crippen LogP contribution in [-0.4, -0.2) is 72.3 Å². The van der Waals surface area contributed by atoms with E-state index in [1.807, 2.05) is 0 Å². The van der Waals surface area contributed by atoms with Gasteiger partial charge in [0.2, 0.25) is 0 Å². The first-order chi connectivity index (χ1) is 14.9. The molecule has 3 amide bonds. The maximum Gasteiger partial charge on any atom is 0.323 e. The molecule has 2 saturated heterocycles. The molecule has 0 radical (unpaired) electrons. The average Bonchev–Trinajstić information content (AvgIpc) is 2.77. The highest BCUT2D eigenvalue weighted by Gasteiger charge is 2.33. The molecule has 0 spiro atoms. The van der Waals surface area contributed by atoms with Gasteiger partial charge in [0, 0.05) is 26.2 Å². The van der Waals surface area contributed by atoms with Crippen molar-refractivity contribution in [3.63, 3.8) is 0 Å². The third-order valence-electron chi connectivity index (χ3n) is 5.44. The highest BCUT2D eigenvalue weighted by Crippen LogP contribution is 2.30. The number of hydrogen-bond acceptors (Lipinski definition) is 5. The van der Waals surface area contributed by atoms with Crippen LogP contribution in [0.15, 0.2) is 36.4 Å². The molecule has 2 aromatic rings. The lowest BCUT2D eigenvalue weighted by atomic mass is 10.1. The number of carbonyl (C=O) groups is 2. The van der Waals surface area contributed by atoms with Gasteiger partial charge in [-0.2, -0.15) is 0 Å². The number of piperazine rings is 1. The zero-order valence-corrected chi connectivity index (χ0v) is 17.4. The van der Waals surface area contributed by atoms with Crippen LogP contribution in [0.2, 0.25) is 5.02 Å². The van der Waals surface area contributed by atoms with Crippen LogP contribution in [0.4, 0.5) is 20.6 Å². The fourth-order valence-electron chi connectivity index (χ4n) is 3.79. The number of halogens is 2. The van der Waals surface area contributed by atoms with Gasteiger partial charge in [0.25, 0.3) is 5.91 Å². The summed E-state index contributed by atoms with van der Waals surface area (Å²) >= 11 is 5.84. The number of nitrogens with zero attached hydrogens (tertiary/aromatic N) is 2. The maximum absolute atomic E-state index is 13.5. The third kappa shape index (κ3) is 4.58. The van der Waals surface area contributed by atoms with Crippen LogP contribution in [-0.2, 0) is 4.74 Å². The molecule has 3 N–H and O–H groups in total. The van der Waals surface area contributed by atoms with Crippen molar-refractivity contribution >= 4 is 34.9 Å². The molecular weight excluding hydrogens is 427 g/mol. The van der Waals surface area contributed by atoms with Crippen molar-refractivity contribution < 1.29 is 23.8 Å². The monoisotopic (exact) mass is 448 g/mol. The maximum atomic E-state index is 13.5. The Morgan fingerprint density at radius 3 is 2.68 bits per heavy atom. The third-order valence-corrected chi connectivity index (χ3v) is 5.82. The van der Waals surface area contributed by atoms with Crippen LogP contribution in [0.1, 0.15) is 10.4 Å². The molecule has 2 aliphatic rings. The second kappa shape index (κ2) is 9.09. The number of hydrogen-bond donors (Lipinski definition) is 3. The number of phenolic OH excluding ortho intramolecular Hbond substituents is 1. The molecule has 164 valence electrons. The lowest BCUT2D eigenvalue weighted by molar-refractivity contribution is -0.0395. The molecule has 1 unspecified atom stereocenters. The van der Waals surface area contributed by atoms with Gasteiger partial charge in [-0.25, -0.2) is 9.18 Å². The number of carbonyl (C=O) groups excluding carboxylic acids is 2. The number of benzene rings is 2. The van der Waals surface area contributed by atoms with Gasteiger partial charge in [-0.3, -0.25) is 9.69 Å². The van der Waals surface area contributed by atoms with E-state index in [-0.39, 0.29) is 39.7 Å². The van der Waals surface area contributed by atoms with E-state index in [0.717, 1.165) is 13.1 Å². The predicted molar refractivity (Wildman–Crippen MR) is 114 cm³/mol. The molecule has 1 atom stereocenters. The van der Waals surface area contributed by atoms with Gasteiger partial charge in [-0.05, 0) is 24.3 Å². The Bertz CT molecular complexity index is 1010. The number of nitrogens with one attached hydrogen (secondary N) is 2. The molecule has 8 nitrogen and oxygen atoms in total. The molecule has 31 heavy (non-hydrogen) atoms. The van der Waals surface area contributed by atoms with E-state index < -0.39 is 11.8 Å². The first-order valence-electron chi connectivity index (χ1n) is 9.89. The molecule has 10 heteroatoms. The molecule has 0 aromatic heterocycles. The first kappa shape index (κ1) is 21.4. The fourth-order valence-corrected chi connectivity index (χ4v) is 3.97. The zero-order chi connectivity index (χ0) is 22.0. The van der Waals surface area contributed by atoms with Crippen molar-refractivity contribution in [2.24, 2.45) is 0 Å². The summed E-state index contributed by atoms with van der Waals surface area (Å²) in [5.41, 5.74) is 0.223. The van der Waals surface area contributed by atoms with Gasteiger partial charge in [0.1, 0.15) is 5.82 Å². The molecule has 0 aliphatic carbocycles. The van der Waals surface area contributed by atoms with E-state index >= 15 is 0 Å². The summed E-state index contributed by atoms with van der Waals surface area (Å²) in [5.74, 6) is -1.33. The molecular formula is C21H22ClFN4O4. The summed E-state index contributed by atoms with van der Waals surface area (Å²) in [6.45, 7) is 3.92. The fraction of sp³-hybridized carbons (Fsp3) is 0.333. The number of phenols is 1. The van der Waals surface area contributed by atoms with Crippen LogP contribution in [0, 0.1) is 5.82 Å². The van der Waals surface area contributed by atoms with Crippen LogP contribution in [0.5, 0.6) is 5.75 Å². The number of morpholine rings is 1. The molecule has 2 heterocycles. The number of rotatable bonds is 3. The minimum atomic E-state index is -0.736. The van der Waals surface area contributed by atoms with Crippen LogP contribution < -0.4 is 10.6 Å². The van der Waals surface area contributed by atoms with Crippen LogP contribution in [0.25, 0.3) is 0 Å². The second-order valence-corrected chi connectivity index (χ2v) is 7.78. The molecule has 0 saturated carbocycles. The van der Waals surface area contributed by atoms with Gasteiger partial charge in [0.05, 0.1) is 41.2 Å². The summed E-state index contributed by atoms with van der Waals surface area (Å²) < 4.78 is 19.1. The van der Waals surface area contributed by atoms with Crippen molar-refractivity contribution in [1.82, 2.24) is 9.80 Å². The van der Waals surface area contributed by atoms with Crippen LogP contribution >= 0.6 is 11.6 Å². The molecule has 2 aliphatic heterocycles. The van der Waals surface area contributed by atoms with Crippen molar-refractivity contribution in [3.8, 4) is 5.75 Å². The standard InChI is InChI=1S/C21H22ClFN4O4/c22-18-15(23)4-2-5-16(18)24-21(30)25-17-6-1-3-14(19(17)28)20(29)27-8-7-26-9-10-31-12-13(26)11-27/h1-6,13,28H,7-12H2,(H2,24,25,30). The lowest BCUT2D eigenvalue weighted by Gasteiger charge is -2.43. The summed E-state index contributed by atoms with van der Waals surface area (Å²) in [6.07, 6.45) is 0. The Kier molecular flexibility index (Phi) is 6.26. The number of anilines is 2.